The smallest absolute Gasteiger partial charge is 0.248 e. The number of hydrogen-bond donors (Lipinski definition) is 1. The SMILES string of the molecule is CC(C)c1noc(C(C)Nc2ccc(-c3ccccc3)cc2)n1. The number of rotatable bonds is 5. The molecule has 1 N–H and O–H groups in total. The molecule has 23 heavy (non-hydrogen) atoms. The van der Waals surface area contributed by atoms with Crippen molar-refractivity contribution >= 4 is 5.69 Å². The average molecular weight is 307 g/mol. The van der Waals surface area contributed by atoms with E-state index in [0.29, 0.717) is 5.89 Å². The molecule has 0 amide bonds. The van der Waals surface area contributed by atoms with Gasteiger partial charge in [-0.15, -0.1) is 0 Å². The van der Waals surface area contributed by atoms with Crippen molar-refractivity contribution in [3.63, 3.8) is 0 Å². The molecule has 0 saturated heterocycles. The first-order chi connectivity index (χ1) is 11.1. The summed E-state index contributed by atoms with van der Waals surface area (Å²) in [5, 5.41) is 7.40. The van der Waals surface area contributed by atoms with E-state index in [1.165, 1.54) is 11.1 Å². The summed E-state index contributed by atoms with van der Waals surface area (Å²) in [6.07, 6.45) is 0. The lowest BCUT2D eigenvalue weighted by Crippen LogP contribution is -2.07. The molecule has 1 unspecified atom stereocenters. The van der Waals surface area contributed by atoms with E-state index in [1.54, 1.807) is 0 Å². The van der Waals surface area contributed by atoms with Gasteiger partial charge in [0.1, 0.15) is 6.04 Å². The minimum atomic E-state index is -0.0300. The van der Waals surface area contributed by atoms with Gasteiger partial charge in [0.15, 0.2) is 5.82 Å². The van der Waals surface area contributed by atoms with Crippen LogP contribution in [0.1, 0.15) is 44.4 Å². The molecule has 0 aliphatic carbocycles. The molecular weight excluding hydrogens is 286 g/mol. The van der Waals surface area contributed by atoms with E-state index in [1.807, 2.05) is 25.1 Å². The second kappa shape index (κ2) is 6.65. The summed E-state index contributed by atoms with van der Waals surface area (Å²) in [7, 11) is 0. The van der Waals surface area contributed by atoms with Crippen LogP contribution in [0, 0.1) is 0 Å². The molecule has 1 aromatic heterocycles. The zero-order valence-electron chi connectivity index (χ0n) is 13.7. The second-order valence-corrected chi connectivity index (χ2v) is 5.95. The van der Waals surface area contributed by atoms with Gasteiger partial charge in [-0.2, -0.15) is 4.98 Å². The number of aromatic nitrogens is 2. The Balaban J connectivity index is 1.70. The van der Waals surface area contributed by atoms with Crippen molar-refractivity contribution in [2.45, 2.75) is 32.7 Å². The molecule has 0 aliphatic rings. The lowest BCUT2D eigenvalue weighted by Gasteiger charge is -2.12. The number of anilines is 1. The molecule has 0 spiro atoms. The fourth-order valence-electron chi connectivity index (χ4n) is 2.36. The summed E-state index contributed by atoms with van der Waals surface area (Å²) < 4.78 is 5.33. The average Bonchev–Trinajstić information content (AvgIpc) is 3.07. The number of nitrogens with zero attached hydrogens (tertiary/aromatic N) is 2. The lowest BCUT2D eigenvalue weighted by molar-refractivity contribution is 0.361. The van der Waals surface area contributed by atoms with Gasteiger partial charge in [0.05, 0.1) is 0 Å². The van der Waals surface area contributed by atoms with Gasteiger partial charge in [0.2, 0.25) is 5.89 Å². The van der Waals surface area contributed by atoms with Crippen molar-refractivity contribution < 1.29 is 4.52 Å². The first-order valence-electron chi connectivity index (χ1n) is 7.89. The summed E-state index contributed by atoms with van der Waals surface area (Å²) in [6, 6.07) is 18.7. The van der Waals surface area contributed by atoms with Crippen LogP contribution in [0.4, 0.5) is 5.69 Å². The first-order valence-corrected chi connectivity index (χ1v) is 7.89. The van der Waals surface area contributed by atoms with E-state index >= 15 is 0 Å². The maximum atomic E-state index is 5.33. The number of nitrogens with one attached hydrogen (secondary N) is 1. The van der Waals surface area contributed by atoms with Crippen LogP contribution < -0.4 is 5.32 Å². The predicted molar refractivity (Wildman–Crippen MR) is 92.3 cm³/mol. The monoisotopic (exact) mass is 307 g/mol. The minimum absolute atomic E-state index is 0.0300. The normalized spacial score (nSPS) is 12.3. The van der Waals surface area contributed by atoms with Gasteiger partial charge in [0, 0.05) is 11.6 Å². The highest BCUT2D eigenvalue weighted by Gasteiger charge is 2.15. The molecule has 118 valence electrons. The van der Waals surface area contributed by atoms with Crippen molar-refractivity contribution in [3.8, 4) is 11.1 Å². The Bertz CT molecular complexity index is 748. The van der Waals surface area contributed by atoms with Gasteiger partial charge >= 0.3 is 0 Å². The molecule has 0 bridgehead atoms. The van der Waals surface area contributed by atoms with E-state index in [4.69, 9.17) is 4.52 Å². The molecule has 0 fully saturated rings. The van der Waals surface area contributed by atoms with E-state index in [2.05, 4.69) is 65.7 Å². The molecular formula is C19H21N3O. The zero-order chi connectivity index (χ0) is 16.2. The van der Waals surface area contributed by atoms with E-state index in [9.17, 15) is 0 Å². The van der Waals surface area contributed by atoms with Gasteiger partial charge in [-0.25, -0.2) is 0 Å². The maximum Gasteiger partial charge on any atom is 0.248 e. The van der Waals surface area contributed by atoms with Crippen molar-refractivity contribution in [2.75, 3.05) is 5.32 Å². The molecule has 4 heteroatoms. The van der Waals surface area contributed by atoms with Gasteiger partial charge in [-0.3, -0.25) is 0 Å². The Hall–Kier alpha value is -2.62. The summed E-state index contributed by atoms with van der Waals surface area (Å²) in [5.41, 5.74) is 3.44. The molecule has 4 nitrogen and oxygen atoms in total. The zero-order valence-corrected chi connectivity index (χ0v) is 13.7. The second-order valence-electron chi connectivity index (χ2n) is 5.95. The topological polar surface area (TPSA) is 51.0 Å². The Morgan fingerprint density at radius 2 is 1.52 bits per heavy atom. The molecule has 1 atom stereocenters. The molecule has 2 aromatic carbocycles. The van der Waals surface area contributed by atoms with E-state index < -0.39 is 0 Å². The summed E-state index contributed by atoms with van der Waals surface area (Å²) in [4.78, 5) is 4.43. The Morgan fingerprint density at radius 3 is 2.13 bits per heavy atom. The first kappa shape index (κ1) is 15.3. The van der Waals surface area contributed by atoms with Crippen LogP contribution in [-0.4, -0.2) is 10.1 Å². The minimum Gasteiger partial charge on any atom is -0.374 e. The van der Waals surface area contributed by atoms with Gasteiger partial charge in [-0.05, 0) is 30.2 Å². The Morgan fingerprint density at radius 1 is 0.870 bits per heavy atom. The molecule has 0 aliphatic heterocycles. The molecule has 3 aromatic rings. The fraction of sp³-hybridized carbons (Fsp3) is 0.263. The largest absolute Gasteiger partial charge is 0.374 e. The van der Waals surface area contributed by atoms with E-state index in [-0.39, 0.29) is 12.0 Å². The van der Waals surface area contributed by atoms with Crippen molar-refractivity contribution in [2.24, 2.45) is 0 Å². The third-order valence-corrected chi connectivity index (χ3v) is 3.72. The number of benzene rings is 2. The highest BCUT2D eigenvalue weighted by Crippen LogP contribution is 2.24. The van der Waals surface area contributed by atoms with Crippen LogP contribution in [-0.2, 0) is 0 Å². The Labute approximate surface area is 136 Å². The summed E-state index contributed by atoms with van der Waals surface area (Å²) in [6.45, 7) is 6.12. The van der Waals surface area contributed by atoms with Crippen molar-refractivity contribution in [1.82, 2.24) is 10.1 Å². The third-order valence-electron chi connectivity index (χ3n) is 3.72. The van der Waals surface area contributed by atoms with Crippen LogP contribution >= 0.6 is 0 Å². The predicted octanol–water partition coefficient (Wildman–Crippen LogP) is 5.03. The molecule has 0 saturated carbocycles. The van der Waals surface area contributed by atoms with Crippen LogP contribution in [0.15, 0.2) is 59.1 Å². The quantitative estimate of drug-likeness (QED) is 0.718. The van der Waals surface area contributed by atoms with E-state index in [0.717, 1.165) is 11.5 Å². The van der Waals surface area contributed by atoms with Crippen LogP contribution in [0.2, 0.25) is 0 Å². The van der Waals surface area contributed by atoms with Crippen molar-refractivity contribution in [3.05, 3.63) is 66.3 Å². The van der Waals surface area contributed by atoms with Gasteiger partial charge < -0.3 is 9.84 Å². The van der Waals surface area contributed by atoms with Crippen LogP contribution in [0.25, 0.3) is 11.1 Å². The summed E-state index contributed by atoms with van der Waals surface area (Å²) in [5.74, 6) is 1.62. The fourth-order valence-corrected chi connectivity index (χ4v) is 2.36. The Kier molecular flexibility index (Phi) is 4.42. The van der Waals surface area contributed by atoms with Gasteiger partial charge in [-0.1, -0.05) is 61.5 Å². The molecule has 3 rings (SSSR count). The summed E-state index contributed by atoms with van der Waals surface area (Å²) >= 11 is 0. The van der Waals surface area contributed by atoms with Crippen LogP contribution in [0.5, 0.6) is 0 Å². The maximum absolute atomic E-state index is 5.33. The third kappa shape index (κ3) is 3.59. The molecule has 1 heterocycles. The lowest BCUT2D eigenvalue weighted by atomic mass is 10.1. The highest BCUT2D eigenvalue weighted by molar-refractivity contribution is 5.65. The highest BCUT2D eigenvalue weighted by atomic mass is 16.5. The van der Waals surface area contributed by atoms with Crippen molar-refractivity contribution in [1.29, 1.82) is 0 Å². The van der Waals surface area contributed by atoms with Crippen LogP contribution in [0.3, 0.4) is 0 Å². The van der Waals surface area contributed by atoms with Gasteiger partial charge in [0.25, 0.3) is 0 Å². The number of hydrogen-bond acceptors (Lipinski definition) is 4. The standard InChI is InChI=1S/C19H21N3O/c1-13(2)18-21-19(23-22-18)14(3)20-17-11-9-16(10-12-17)15-7-5-4-6-8-15/h4-14,20H,1-3H3. The molecule has 0 radical (unpaired) electrons.